The van der Waals surface area contributed by atoms with Crippen molar-refractivity contribution < 1.29 is 4.79 Å². The van der Waals surface area contributed by atoms with Gasteiger partial charge in [0.15, 0.2) is 11.4 Å². The molecule has 4 N–H and O–H groups in total. The van der Waals surface area contributed by atoms with Crippen LogP contribution < -0.4 is 11.5 Å². The molecule has 0 radical (unpaired) electrons. The van der Waals surface area contributed by atoms with Crippen molar-refractivity contribution in [3.05, 3.63) is 39.5 Å². The standard InChI is InChI=1S/C17H13Cl2N5O/c18-7-4-5-8(9(19)6-7)12-13-10(2-1-3-11(13)25)22-16-14(12)15(20)23-17(21)24-16/h4-6H,1-3H2,(H4,20,21,22,23,24). The maximum Gasteiger partial charge on any atom is 0.224 e. The van der Waals surface area contributed by atoms with Gasteiger partial charge < -0.3 is 11.5 Å². The Bertz CT molecular complexity index is 1050. The number of nitrogen functional groups attached to an aromatic ring is 2. The van der Waals surface area contributed by atoms with Crippen LogP contribution in [0.1, 0.15) is 28.9 Å². The topological polar surface area (TPSA) is 108 Å². The predicted molar refractivity (Wildman–Crippen MR) is 98.9 cm³/mol. The molecule has 0 saturated heterocycles. The molecule has 0 saturated carbocycles. The molecule has 1 aromatic carbocycles. The number of hydrogen-bond acceptors (Lipinski definition) is 6. The van der Waals surface area contributed by atoms with E-state index in [-0.39, 0.29) is 17.5 Å². The van der Waals surface area contributed by atoms with Crippen molar-refractivity contribution in [2.45, 2.75) is 19.3 Å². The van der Waals surface area contributed by atoms with Gasteiger partial charge in [-0.05, 0) is 25.0 Å². The van der Waals surface area contributed by atoms with Gasteiger partial charge in [-0.3, -0.25) is 4.79 Å². The Morgan fingerprint density at radius 1 is 1.00 bits per heavy atom. The van der Waals surface area contributed by atoms with Crippen molar-refractivity contribution >= 4 is 51.8 Å². The number of rotatable bonds is 1. The van der Waals surface area contributed by atoms with Gasteiger partial charge in [-0.25, -0.2) is 4.98 Å². The lowest BCUT2D eigenvalue weighted by Crippen LogP contribution is -2.16. The third kappa shape index (κ3) is 2.58. The molecule has 4 rings (SSSR count). The summed E-state index contributed by atoms with van der Waals surface area (Å²) in [7, 11) is 0. The second-order valence-corrected chi connectivity index (χ2v) is 6.72. The Morgan fingerprint density at radius 2 is 1.80 bits per heavy atom. The Balaban J connectivity index is 2.20. The fourth-order valence-electron chi connectivity index (χ4n) is 3.24. The summed E-state index contributed by atoms with van der Waals surface area (Å²) < 4.78 is 0. The van der Waals surface area contributed by atoms with Crippen molar-refractivity contribution in [3.8, 4) is 11.1 Å². The van der Waals surface area contributed by atoms with Crippen LogP contribution in [0.25, 0.3) is 22.2 Å². The SMILES string of the molecule is Nc1nc(N)c2c(-c3ccc(Cl)cc3Cl)c3c(nc2n1)CCCC3=O. The van der Waals surface area contributed by atoms with E-state index in [0.717, 1.165) is 6.42 Å². The van der Waals surface area contributed by atoms with Crippen LogP contribution in [0.4, 0.5) is 11.8 Å². The molecule has 8 heteroatoms. The molecule has 1 aliphatic rings. The first-order valence-electron chi connectivity index (χ1n) is 7.70. The fourth-order valence-corrected chi connectivity index (χ4v) is 3.74. The summed E-state index contributed by atoms with van der Waals surface area (Å²) in [6, 6.07) is 5.10. The molecule has 25 heavy (non-hydrogen) atoms. The molecule has 1 aliphatic carbocycles. The van der Waals surface area contributed by atoms with Crippen molar-refractivity contribution in [1.29, 1.82) is 0 Å². The van der Waals surface area contributed by atoms with Crippen molar-refractivity contribution in [1.82, 2.24) is 15.0 Å². The van der Waals surface area contributed by atoms with Crippen molar-refractivity contribution in [3.63, 3.8) is 0 Å². The van der Waals surface area contributed by atoms with Gasteiger partial charge in [0.2, 0.25) is 5.95 Å². The van der Waals surface area contributed by atoms with Gasteiger partial charge in [0.05, 0.1) is 11.1 Å². The highest BCUT2D eigenvalue weighted by Gasteiger charge is 2.28. The summed E-state index contributed by atoms with van der Waals surface area (Å²) in [5, 5.41) is 1.39. The lowest BCUT2D eigenvalue weighted by molar-refractivity contribution is 0.0972. The Hall–Kier alpha value is -2.44. The zero-order valence-electron chi connectivity index (χ0n) is 13.0. The number of halogens is 2. The first kappa shape index (κ1) is 16.1. The third-order valence-electron chi connectivity index (χ3n) is 4.26. The van der Waals surface area contributed by atoms with Gasteiger partial charge in [0.25, 0.3) is 0 Å². The van der Waals surface area contributed by atoms with E-state index in [2.05, 4.69) is 15.0 Å². The van der Waals surface area contributed by atoms with E-state index in [1.807, 2.05) is 0 Å². The molecule has 0 spiro atoms. The number of anilines is 2. The Kier molecular flexibility index (Phi) is 3.74. The van der Waals surface area contributed by atoms with E-state index >= 15 is 0 Å². The number of fused-ring (bicyclic) bond motifs is 2. The number of nitrogens with two attached hydrogens (primary N) is 2. The zero-order chi connectivity index (χ0) is 17.7. The summed E-state index contributed by atoms with van der Waals surface area (Å²) in [4.78, 5) is 25.4. The molecule has 0 atom stereocenters. The van der Waals surface area contributed by atoms with E-state index in [9.17, 15) is 4.79 Å². The van der Waals surface area contributed by atoms with E-state index < -0.39 is 0 Å². The van der Waals surface area contributed by atoms with Crippen molar-refractivity contribution in [2.75, 3.05) is 11.5 Å². The van der Waals surface area contributed by atoms with Gasteiger partial charge in [-0.1, -0.05) is 29.3 Å². The van der Waals surface area contributed by atoms with Crippen LogP contribution in [0.5, 0.6) is 0 Å². The summed E-state index contributed by atoms with van der Waals surface area (Å²) in [5.74, 6) is 0.206. The highest BCUT2D eigenvalue weighted by atomic mass is 35.5. The third-order valence-corrected chi connectivity index (χ3v) is 4.81. The molecule has 0 amide bonds. The first-order chi connectivity index (χ1) is 12.0. The zero-order valence-corrected chi connectivity index (χ0v) is 14.5. The molecular weight excluding hydrogens is 361 g/mol. The Labute approximate surface area is 153 Å². The van der Waals surface area contributed by atoms with E-state index in [1.165, 1.54) is 0 Å². The van der Waals surface area contributed by atoms with Gasteiger partial charge in [-0.2, -0.15) is 9.97 Å². The number of aryl methyl sites for hydroxylation is 1. The number of Topliss-reactive ketones (excluding diaryl/α,β-unsaturated/α-hetero) is 1. The summed E-state index contributed by atoms with van der Waals surface area (Å²) >= 11 is 12.4. The first-order valence-corrected chi connectivity index (χ1v) is 8.45. The van der Waals surface area contributed by atoms with Crippen LogP contribution in [0.3, 0.4) is 0 Å². The number of carbonyl (C=O) groups excluding carboxylic acids is 1. The molecular formula is C17H13Cl2N5O. The highest BCUT2D eigenvalue weighted by Crippen LogP contribution is 2.41. The number of pyridine rings is 1. The number of ketones is 1. The molecule has 2 aromatic heterocycles. The number of hydrogen-bond donors (Lipinski definition) is 2. The van der Waals surface area contributed by atoms with Crippen LogP contribution in [-0.4, -0.2) is 20.7 Å². The average Bonchev–Trinajstić information content (AvgIpc) is 2.53. The van der Waals surface area contributed by atoms with Gasteiger partial charge >= 0.3 is 0 Å². The van der Waals surface area contributed by atoms with Gasteiger partial charge in [0, 0.05) is 33.2 Å². The molecule has 0 fully saturated rings. The largest absolute Gasteiger partial charge is 0.383 e. The van der Waals surface area contributed by atoms with Crippen molar-refractivity contribution in [2.24, 2.45) is 0 Å². The second kappa shape index (κ2) is 5.82. The van der Waals surface area contributed by atoms with Crippen LogP contribution in [0.15, 0.2) is 18.2 Å². The fraction of sp³-hybridized carbons (Fsp3) is 0.176. The summed E-state index contributed by atoms with van der Waals surface area (Å²) in [6.07, 6.45) is 1.88. The summed E-state index contributed by atoms with van der Waals surface area (Å²) in [5.41, 5.74) is 14.6. The lowest BCUT2D eigenvalue weighted by Gasteiger charge is -2.21. The van der Waals surface area contributed by atoms with Crippen LogP contribution in [0, 0.1) is 0 Å². The molecule has 2 heterocycles. The molecule has 0 bridgehead atoms. The number of benzene rings is 1. The highest BCUT2D eigenvalue weighted by molar-refractivity contribution is 6.37. The molecule has 3 aromatic rings. The molecule has 0 aliphatic heterocycles. The van der Waals surface area contributed by atoms with E-state index in [4.69, 9.17) is 34.7 Å². The molecule has 126 valence electrons. The summed E-state index contributed by atoms with van der Waals surface area (Å²) in [6.45, 7) is 0. The van der Waals surface area contributed by atoms with Crippen LogP contribution in [0.2, 0.25) is 10.0 Å². The van der Waals surface area contributed by atoms with E-state index in [1.54, 1.807) is 18.2 Å². The Morgan fingerprint density at radius 3 is 2.56 bits per heavy atom. The van der Waals surface area contributed by atoms with Gasteiger partial charge in [-0.15, -0.1) is 0 Å². The lowest BCUT2D eigenvalue weighted by atomic mass is 9.86. The normalized spacial score (nSPS) is 13.9. The smallest absolute Gasteiger partial charge is 0.224 e. The number of carbonyl (C=O) groups is 1. The van der Waals surface area contributed by atoms with Crippen LogP contribution in [-0.2, 0) is 6.42 Å². The minimum atomic E-state index is 0.00731. The number of nitrogens with zero attached hydrogens (tertiary/aromatic N) is 3. The maximum absolute atomic E-state index is 12.7. The average molecular weight is 374 g/mol. The minimum absolute atomic E-state index is 0.00731. The molecule has 6 nitrogen and oxygen atoms in total. The predicted octanol–water partition coefficient (Wildman–Crippen LogP) is 3.68. The monoisotopic (exact) mass is 373 g/mol. The maximum atomic E-state index is 12.7. The number of aromatic nitrogens is 3. The molecule has 0 unspecified atom stereocenters. The second-order valence-electron chi connectivity index (χ2n) is 5.88. The quantitative estimate of drug-likeness (QED) is 0.673. The minimum Gasteiger partial charge on any atom is -0.383 e. The van der Waals surface area contributed by atoms with E-state index in [0.29, 0.717) is 56.3 Å². The van der Waals surface area contributed by atoms with Crippen LogP contribution >= 0.6 is 23.2 Å². The van der Waals surface area contributed by atoms with Gasteiger partial charge in [0.1, 0.15) is 5.82 Å².